The van der Waals surface area contributed by atoms with Gasteiger partial charge in [-0.2, -0.15) is 30.9 Å². The molecule has 1 aromatic heterocycles. The predicted octanol–water partition coefficient (Wildman–Crippen LogP) is 7.32. The molecule has 20 heteroatoms. The summed E-state index contributed by atoms with van der Waals surface area (Å²) in [7, 11) is 4.39. The van der Waals surface area contributed by atoms with Crippen LogP contribution in [0.5, 0.6) is 5.75 Å². The first-order valence-electron chi connectivity index (χ1n) is 18.9. The fourth-order valence-electron chi connectivity index (χ4n) is 6.19. The molecule has 4 aromatic carbocycles. The average Bonchev–Trinajstić information content (AvgIpc) is 3.20. The van der Waals surface area contributed by atoms with Crippen LogP contribution in [-0.2, 0) is 20.9 Å². The number of carboxylic acids is 2. The molecule has 62 heavy (non-hydrogen) atoms. The molecule has 0 spiro atoms. The number of rotatable bonds is 16. The zero-order valence-corrected chi connectivity index (χ0v) is 35.3. The summed E-state index contributed by atoms with van der Waals surface area (Å²) in [5.74, 6) is -3.98. The lowest BCUT2D eigenvalue weighted by atomic mass is 9.98. The Balaban J connectivity index is 0.000000629. The van der Waals surface area contributed by atoms with E-state index in [1.54, 1.807) is 0 Å². The van der Waals surface area contributed by atoms with Crippen molar-refractivity contribution in [2.75, 3.05) is 81.6 Å². The van der Waals surface area contributed by atoms with Crippen LogP contribution < -0.4 is 31.0 Å². The number of benzene rings is 4. The van der Waals surface area contributed by atoms with Gasteiger partial charge in [0.05, 0.1) is 50.9 Å². The highest BCUT2D eigenvalue weighted by atomic mass is 35.5. The monoisotopic (exact) mass is 916 g/mol. The molecule has 12 nitrogen and oxygen atoms in total. The number of anilines is 3. The van der Waals surface area contributed by atoms with E-state index >= 15 is 0 Å². The molecule has 0 aliphatic rings. The first-order valence-corrected chi connectivity index (χ1v) is 19.9. The van der Waals surface area contributed by atoms with Crippen molar-refractivity contribution >= 4 is 79.8 Å². The number of aromatic nitrogens is 1. The number of nitrogen functional groups attached to an aromatic ring is 2. The number of nitrogens with two attached hydrogens (primary N) is 2. The topological polar surface area (TPSA) is 172 Å². The number of hydrogen-bond acceptors (Lipinski definition) is 7. The molecule has 1 amide bonds. The van der Waals surface area contributed by atoms with Crippen molar-refractivity contribution in [2.45, 2.75) is 25.3 Å². The van der Waals surface area contributed by atoms with Crippen molar-refractivity contribution in [3.63, 3.8) is 0 Å². The Hall–Kier alpha value is -5.72. The molecular weight excluding hydrogens is 869 g/mol. The fourth-order valence-corrected chi connectivity index (χ4v) is 6.60. The number of ether oxygens (including phenoxy) is 1. The van der Waals surface area contributed by atoms with E-state index in [0.29, 0.717) is 37.1 Å². The largest absolute Gasteiger partial charge is 0.490 e. The lowest BCUT2D eigenvalue weighted by molar-refractivity contribution is -0.891. The molecule has 0 unspecified atom stereocenters. The van der Waals surface area contributed by atoms with Crippen molar-refractivity contribution in [2.24, 2.45) is 0 Å². The van der Waals surface area contributed by atoms with E-state index in [2.05, 4.69) is 77.4 Å². The average molecular weight is 918 g/mol. The molecule has 1 heterocycles. The molecule has 0 saturated carbocycles. The summed E-state index contributed by atoms with van der Waals surface area (Å²) in [5.41, 5.74) is 18.5. The van der Waals surface area contributed by atoms with Gasteiger partial charge in [0.2, 0.25) is 11.2 Å². The highest BCUT2D eigenvalue weighted by Crippen LogP contribution is 2.33. The van der Waals surface area contributed by atoms with Crippen molar-refractivity contribution in [3.8, 4) is 17.0 Å². The normalized spacial score (nSPS) is 11.5. The Morgan fingerprint density at radius 2 is 1.29 bits per heavy atom. The second kappa shape index (κ2) is 22.9. The van der Waals surface area contributed by atoms with Gasteiger partial charge in [0.25, 0.3) is 5.91 Å². The number of hydrogen-bond donors (Lipinski definition) is 5. The van der Waals surface area contributed by atoms with E-state index in [9.17, 15) is 31.1 Å². The maximum atomic E-state index is 12.6. The van der Waals surface area contributed by atoms with Crippen molar-refractivity contribution in [1.82, 2.24) is 5.32 Å². The summed E-state index contributed by atoms with van der Waals surface area (Å²) in [6, 6.07) is 30.4. The van der Waals surface area contributed by atoms with Gasteiger partial charge in [0, 0.05) is 58.9 Å². The molecule has 0 aliphatic heterocycles. The van der Waals surface area contributed by atoms with Gasteiger partial charge in [-0.25, -0.2) is 9.59 Å². The number of pyridine rings is 1. The highest BCUT2D eigenvalue weighted by Gasteiger charge is 2.39. The quantitative estimate of drug-likeness (QED) is 0.0170. The van der Waals surface area contributed by atoms with Gasteiger partial charge in [-0.3, -0.25) is 4.79 Å². The van der Waals surface area contributed by atoms with Crippen LogP contribution in [0.15, 0.2) is 91.0 Å². The number of carbonyl (C=O) groups excluding carboxylic acids is 1. The van der Waals surface area contributed by atoms with E-state index in [1.165, 1.54) is 0 Å². The third kappa shape index (κ3) is 15.6. The Labute approximate surface area is 363 Å². The number of quaternary nitrogens is 1. The van der Waals surface area contributed by atoms with Crippen LogP contribution in [0.3, 0.4) is 0 Å². The Kier molecular flexibility index (Phi) is 18.7. The summed E-state index contributed by atoms with van der Waals surface area (Å²) in [5, 5.41) is 20.7. The molecule has 5 aromatic rings. The van der Waals surface area contributed by atoms with Crippen molar-refractivity contribution in [1.29, 1.82) is 0 Å². The maximum absolute atomic E-state index is 12.6. The van der Waals surface area contributed by atoms with Crippen LogP contribution in [-0.4, -0.2) is 110 Å². The Bertz CT molecular complexity index is 2240. The second-order valence-electron chi connectivity index (χ2n) is 14.3. The van der Waals surface area contributed by atoms with E-state index < -0.39 is 24.3 Å². The number of halogens is 8. The van der Waals surface area contributed by atoms with Gasteiger partial charge in [-0.05, 0) is 60.7 Å². The molecule has 0 aliphatic carbocycles. The van der Waals surface area contributed by atoms with Crippen LogP contribution >= 0.6 is 23.2 Å². The lowest BCUT2D eigenvalue weighted by Gasteiger charge is -2.29. The Morgan fingerprint density at radius 3 is 1.82 bits per heavy atom. The smallest absolute Gasteiger partial charge is 0.484 e. The predicted molar refractivity (Wildman–Crippen MR) is 228 cm³/mol. The van der Waals surface area contributed by atoms with Gasteiger partial charge in [0.1, 0.15) is 5.75 Å². The van der Waals surface area contributed by atoms with Crippen LogP contribution in [0.4, 0.5) is 43.4 Å². The number of nitrogens with zero attached hydrogens (tertiary/aromatic N) is 3. The standard InChI is InChI=1S/C38H44Cl2N6O2.2C2HF3O2/c1-46(2,24-19-43-37(47)27-48-32-13-11-31(12-14-32)44(21-17-39)22-18-40)23-6-20-45-36-26-30(42)10-16-34(36)33-15-9-29(41)25-35(33)38(45)28-7-4-3-5-8-28;2*3-2(4,5)1(6)7/h3-5,7-16,25-26,42H,6,17-24,27,41H2,1-2H3;2*(H,6,7)/p+2. The number of nitrogens with one attached hydrogen (secondary N) is 1. The van der Waals surface area contributed by atoms with E-state index in [0.717, 1.165) is 80.5 Å². The van der Waals surface area contributed by atoms with Crippen molar-refractivity contribution < 1.29 is 64.7 Å². The van der Waals surface area contributed by atoms with E-state index in [-0.39, 0.29) is 12.5 Å². The van der Waals surface area contributed by atoms with Gasteiger partial charge in [-0.1, -0.05) is 24.3 Å². The van der Waals surface area contributed by atoms with Gasteiger partial charge >= 0.3 is 24.3 Å². The number of likely N-dealkylation sites (N-methyl/N-ethyl adjacent to an activating group) is 1. The van der Waals surface area contributed by atoms with Crippen LogP contribution in [0.1, 0.15) is 6.42 Å². The highest BCUT2D eigenvalue weighted by molar-refractivity contribution is 6.18. The third-order valence-electron chi connectivity index (χ3n) is 9.17. The minimum Gasteiger partial charge on any atom is -0.484 e. The van der Waals surface area contributed by atoms with Crippen LogP contribution in [0.25, 0.3) is 32.9 Å². The summed E-state index contributed by atoms with van der Waals surface area (Å²) >= 11 is 11.9. The van der Waals surface area contributed by atoms with E-state index in [1.807, 2.05) is 42.5 Å². The van der Waals surface area contributed by atoms with E-state index in [4.69, 9.17) is 59.2 Å². The zero-order chi connectivity index (χ0) is 46.3. The molecule has 0 radical (unpaired) electrons. The number of aryl methyl sites for hydroxylation is 1. The van der Waals surface area contributed by atoms with Gasteiger partial charge in [0.15, 0.2) is 13.2 Å². The number of aliphatic carboxylic acids is 2. The minimum absolute atomic E-state index is 0.0402. The molecule has 0 fully saturated rings. The second-order valence-corrected chi connectivity index (χ2v) is 15.0. The summed E-state index contributed by atoms with van der Waals surface area (Å²) < 4.78 is 72.4. The molecule has 5 rings (SSSR count). The number of alkyl halides is 8. The van der Waals surface area contributed by atoms with Crippen LogP contribution in [0, 0.1) is 0 Å². The van der Waals surface area contributed by atoms with Gasteiger partial charge in [-0.15, -0.1) is 23.2 Å². The third-order valence-corrected chi connectivity index (χ3v) is 9.51. The SMILES string of the molecule is C[N+](C)(CCC[n+]1c(-c2ccccc2)c2cc(N)ccc2c2ccc(N)cc21)CCNC(=O)COc1ccc(N(CCCl)CCCl)cc1.O=C(O)C(F)(F)F.O=C(O)C(F)(F)F. The first kappa shape index (κ1) is 50.6. The number of fused-ring (bicyclic) bond motifs is 3. The van der Waals surface area contributed by atoms with Crippen molar-refractivity contribution in [3.05, 3.63) is 91.0 Å². The minimum atomic E-state index is -5.08. The molecule has 0 bridgehead atoms. The lowest BCUT2D eigenvalue weighted by Crippen LogP contribution is -2.48. The number of carbonyl (C=O) groups is 3. The zero-order valence-electron chi connectivity index (χ0n) is 33.8. The summed E-state index contributed by atoms with van der Waals surface area (Å²) in [6.45, 7) is 4.44. The summed E-state index contributed by atoms with van der Waals surface area (Å²) in [6.07, 6.45) is -9.24. The Morgan fingerprint density at radius 1 is 0.758 bits per heavy atom. The summed E-state index contributed by atoms with van der Waals surface area (Å²) in [4.78, 5) is 32.5. The first-order chi connectivity index (χ1) is 29.1. The van der Waals surface area contributed by atoms with Crippen LogP contribution in [0.2, 0.25) is 0 Å². The molecule has 336 valence electrons. The molecule has 0 atom stereocenters. The molecular formula is C42H48Cl2F6N6O6+2. The fraction of sp³-hybridized carbons (Fsp3) is 0.333. The number of carboxylic acid groups (broad SMARTS) is 2. The molecule has 0 saturated heterocycles. The van der Waals surface area contributed by atoms with Gasteiger partial charge < -0.3 is 41.1 Å². The molecule has 7 N–H and O–H groups in total. The number of amides is 1. The maximum Gasteiger partial charge on any atom is 0.490 e.